The highest BCUT2D eigenvalue weighted by Crippen LogP contribution is 2.34. The first-order chi connectivity index (χ1) is 14.2. The molecular formula is C20H22N2O6S2. The number of esters is 3. The van der Waals surface area contributed by atoms with E-state index in [1.165, 1.54) is 50.9 Å². The molecule has 160 valence electrons. The fraction of sp³-hybridized carbons (Fsp3) is 0.300. The number of thiophene rings is 1. The summed E-state index contributed by atoms with van der Waals surface area (Å²) in [5.41, 5.74) is 2.00. The smallest absolute Gasteiger partial charge is 0.341 e. The van der Waals surface area contributed by atoms with Crippen molar-refractivity contribution in [2.45, 2.75) is 20.3 Å². The van der Waals surface area contributed by atoms with E-state index < -0.39 is 17.9 Å². The molecule has 2 N–H and O–H groups in total. The summed E-state index contributed by atoms with van der Waals surface area (Å²) in [4.78, 5) is 37.1. The number of aryl methyl sites for hydroxylation is 1. The molecule has 10 heteroatoms. The van der Waals surface area contributed by atoms with E-state index in [1.807, 2.05) is 13.8 Å². The van der Waals surface area contributed by atoms with E-state index in [4.69, 9.17) is 26.4 Å². The van der Waals surface area contributed by atoms with Gasteiger partial charge in [-0.05, 0) is 49.3 Å². The Morgan fingerprint density at radius 1 is 0.933 bits per heavy atom. The van der Waals surface area contributed by atoms with Crippen molar-refractivity contribution >= 4 is 57.3 Å². The summed E-state index contributed by atoms with van der Waals surface area (Å²) in [6, 6.07) is 4.35. The lowest BCUT2D eigenvalue weighted by atomic mass is 10.1. The predicted molar refractivity (Wildman–Crippen MR) is 119 cm³/mol. The van der Waals surface area contributed by atoms with Crippen molar-refractivity contribution in [3.05, 3.63) is 45.3 Å². The normalized spacial score (nSPS) is 10.2. The number of rotatable bonds is 6. The Kier molecular flexibility index (Phi) is 7.90. The summed E-state index contributed by atoms with van der Waals surface area (Å²) in [5.74, 6) is -1.68. The van der Waals surface area contributed by atoms with Crippen LogP contribution in [0.25, 0.3) is 0 Å². The molecule has 0 unspecified atom stereocenters. The molecule has 0 aliphatic heterocycles. The Morgan fingerprint density at radius 3 is 1.93 bits per heavy atom. The molecular weight excluding hydrogens is 428 g/mol. The van der Waals surface area contributed by atoms with Gasteiger partial charge in [0.05, 0.1) is 38.0 Å². The molecule has 0 spiro atoms. The second-order valence-corrected chi connectivity index (χ2v) is 7.68. The van der Waals surface area contributed by atoms with Crippen LogP contribution in [0.1, 0.15) is 48.4 Å². The van der Waals surface area contributed by atoms with Gasteiger partial charge in [-0.3, -0.25) is 0 Å². The van der Waals surface area contributed by atoms with Crippen LogP contribution in [-0.2, 0) is 20.6 Å². The van der Waals surface area contributed by atoms with Gasteiger partial charge in [0.25, 0.3) is 0 Å². The monoisotopic (exact) mass is 450 g/mol. The molecule has 30 heavy (non-hydrogen) atoms. The van der Waals surface area contributed by atoms with Gasteiger partial charge < -0.3 is 24.8 Å². The van der Waals surface area contributed by atoms with Gasteiger partial charge in [-0.1, -0.05) is 6.92 Å². The van der Waals surface area contributed by atoms with Crippen molar-refractivity contribution in [1.29, 1.82) is 0 Å². The molecule has 0 atom stereocenters. The molecule has 2 aromatic rings. The molecule has 0 fully saturated rings. The van der Waals surface area contributed by atoms with Crippen LogP contribution in [0.15, 0.2) is 18.2 Å². The van der Waals surface area contributed by atoms with Gasteiger partial charge in [-0.15, -0.1) is 11.3 Å². The molecule has 0 amide bonds. The standard InChI is InChI=1S/C20H22N2O6S2/c1-6-14-10(2)30-16(15(14)19(25)28-5)22-20(29)21-13-8-11(17(23)26-3)7-12(9-13)18(24)27-4/h7-9H,6H2,1-5H3,(H2,21,22,29). The van der Waals surface area contributed by atoms with Crippen molar-refractivity contribution in [2.24, 2.45) is 0 Å². The van der Waals surface area contributed by atoms with Crippen LogP contribution in [-0.4, -0.2) is 44.3 Å². The second kappa shape index (κ2) is 10.2. The SMILES string of the molecule is CCc1c(C)sc(NC(=S)Nc2cc(C(=O)OC)cc(C(=O)OC)c2)c1C(=O)OC. The molecule has 1 aromatic carbocycles. The first-order valence-electron chi connectivity index (χ1n) is 8.85. The highest BCUT2D eigenvalue weighted by molar-refractivity contribution is 7.80. The number of nitrogens with one attached hydrogen (secondary N) is 2. The molecule has 1 aromatic heterocycles. The van der Waals surface area contributed by atoms with E-state index in [9.17, 15) is 14.4 Å². The second-order valence-electron chi connectivity index (χ2n) is 6.05. The quantitative estimate of drug-likeness (QED) is 0.386. The summed E-state index contributed by atoms with van der Waals surface area (Å²) >= 11 is 6.75. The number of methoxy groups -OCH3 is 3. The number of hydrogen-bond acceptors (Lipinski definition) is 8. The fourth-order valence-electron chi connectivity index (χ4n) is 2.85. The summed E-state index contributed by atoms with van der Waals surface area (Å²) in [5, 5.41) is 6.64. The number of hydrogen-bond donors (Lipinski definition) is 2. The lowest BCUT2D eigenvalue weighted by Gasteiger charge is -2.13. The Morgan fingerprint density at radius 2 is 1.47 bits per heavy atom. The molecule has 0 bridgehead atoms. The minimum Gasteiger partial charge on any atom is -0.465 e. The molecule has 1 heterocycles. The average molecular weight is 451 g/mol. The van der Waals surface area contributed by atoms with E-state index in [0.717, 1.165) is 10.4 Å². The number of thiocarbonyl (C=S) groups is 1. The van der Waals surface area contributed by atoms with E-state index in [-0.39, 0.29) is 16.2 Å². The zero-order valence-corrected chi connectivity index (χ0v) is 18.8. The Balaban J connectivity index is 2.34. The maximum Gasteiger partial charge on any atom is 0.341 e. The lowest BCUT2D eigenvalue weighted by molar-refractivity contribution is 0.0587. The highest BCUT2D eigenvalue weighted by atomic mass is 32.1. The van der Waals surface area contributed by atoms with Crippen molar-refractivity contribution in [3.63, 3.8) is 0 Å². The summed E-state index contributed by atoms with van der Waals surface area (Å²) in [6.45, 7) is 3.87. The van der Waals surface area contributed by atoms with Crippen LogP contribution in [0.2, 0.25) is 0 Å². The van der Waals surface area contributed by atoms with Crippen LogP contribution in [0, 0.1) is 6.92 Å². The first kappa shape index (κ1) is 23.3. The number of benzene rings is 1. The molecule has 0 aliphatic carbocycles. The van der Waals surface area contributed by atoms with Crippen molar-refractivity contribution < 1.29 is 28.6 Å². The predicted octanol–water partition coefficient (Wildman–Crippen LogP) is 3.79. The maximum atomic E-state index is 12.3. The Hall–Kier alpha value is -2.98. The minimum absolute atomic E-state index is 0.154. The third kappa shape index (κ3) is 5.14. The third-order valence-electron chi connectivity index (χ3n) is 4.21. The van der Waals surface area contributed by atoms with Gasteiger partial charge in [-0.25, -0.2) is 14.4 Å². The molecule has 0 saturated carbocycles. The van der Waals surface area contributed by atoms with Crippen LogP contribution in [0.3, 0.4) is 0 Å². The van der Waals surface area contributed by atoms with E-state index in [1.54, 1.807) is 0 Å². The first-order valence-corrected chi connectivity index (χ1v) is 10.1. The van der Waals surface area contributed by atoms with Crippen molar-refractivity contribution in [2.75, 3.05) is 32.0 Å². The number of carbonyl (C=O) groups is 3. The third-order valence-corrected chi connectivity index (χ3v) is 5.48. The Bertz CT molecular complexity index is 965. The van der Waals surface area contributed by atoms with Gasteiger partial charge in [0.1, 0.15) is 5.00 Å². The van der Waals surface area contributed by atoms with E-state index >= 15 is 0 Å². The van der Waals surface area contributed by atoms with Crippen molar-refractivity contribution in [3.8, 4) is 0 Å². The minimum atomic E-state index is -0.614. The largest absolute Gasteiger partial charge is 0.465 e. The summed E-state index contributed by atoms with van der Waals surface area (Å²) < 4.78 is 14.4. The number of carbonyl (C=O) groups excluding carboxylic acids is 3. The number of anilines is 2. The van der Waals surface area contributed by atoms with Crippen LogP contribution in [0.4, 0.5) is 10.7 Å². The molecule has 0 aliphatic rings. The highest BCUT2D eigenvalue weighted by Gasteiger charge is 2.22. The van der Waals surface area contributed by atoms with Crippen molar-refractivity contribution in [1.82, 2.24) is 0 Å². The van der Waals surface area contributed by atoms with Gasteiger partial charge in [-0.2, -0.15) is 0 Å². The zero-order chi connectivity index (χ0) is 22.4. The fourth-order valence-corrected chi connectivity index (χ4v) is 4.27. The molecule has 0 radical (unpaired) electrons. The van der Waals surface area contributed by atoms with Crippen LogP contribution in [0.5, 0.6) is 0 Å². The molecule has 8 nitrogen and oxygen atoms in total. The van der Waals surface area contributed by atoms with Crippen LogP contribution >= 0.6 is 23.6 Å². The summed E-state index contributed by atoms with van der Waals surface area (Å²) in [7, 11) is 3.80. The van der Waals surface area contributed by atoms with E-state index in [2.05, 4.69) is 10.6 Å². The van der Waals surface area contributed by atoms with Gasteiger partial charge in [0.15, 0.2) is 5.11 Å². The topological polar surface area (TPSA) is 103 Å². The maximum absolute atomic E-state index is 12.3. The van der Waals surface area contributed by atoms with Gasteiger partial charge in [0, 0.05) is 10.6 Å². The zero-order valence-electron chi connectivity index (χ0n) is 17.2. The molecule has 2 rings (SSSR count). The number of ether oxygens (including phenoxy) is 3. The average Bonchev–Trinajstić information content (AvgIpc) is 3.05. The Labute approximate surface area is 183 Å². The van der Waals surface area contributed by atoms with E-state index in [0.29, 0.717) is 22.7 Å². The molecule has 0 saturated heterocycles. The van der Waals surface area contributed by atoms with Gasteiger partial charge >= 0.3 is 17.9 Å². The van der Waals surface area contributed by atoms with Gasteiger partial charge in [0.2, 0.25) is 0 Å². The lowest BCUT2D eigenvalue weighted by Crippen LogP contribution is -2.21. The summed E-state index contributed by atoms with van der Waals surface area (Å²) in [6.07, 6.45) is 0.665. The van der Waals surface area contributed by atoms with Crippen LogP contribution < -0.4 is 10.6 Å².